The molecule has 0 amide bonds. The van der Waals surface area contributed by atoms with Crippen LogP contribution in [0.4, 0.5) is 8.78 Å². The quantitative estimate of drug-likeness (QED) is 0.280. The summed E-state index contributed by atoms with van der Waals surface area (Å²) in [5.74, 6) is -2.30. The molecule has 0 aliphatic heterocycles. The van der Waals surface area contributed by atoms with Crippen molar-refractivity contribution in [3.05, 3.63) is 83.2 Å². The van der Waals surface area contributed by atoms with Crippen molar-refractivity contribution in [2.45, 2.75) is 38.8 Å². The summed E-state index contributed by atoms with van der Waals surface area (Å²) < 4.78 is 49.2. The summed E-state index contributed by atoms with van der Waals surface area (Å²) in [6.45, 7) is 4.43. The highest BCUT2D eigenvalue weighted by Crippen LogP contribution is 2.36. The molecule has 0 aliphatic carbocycles. The van der Waals surface area contributed by atoms with Crippen molar-refractivity contribution in [3.63, 3.8) is 0 Å². The Labute approximate surface area is 230 Å². The van der Waals surface area contributed by atoms with Crippen LogP contribution < -0.4 is 19.5 Å². The molecule has 1 aromatic heterocycles. The first-order valence-electron chi connectivity index (χ1n) is 11.9. The van der Waals surface area contributed by atoms with Crippen molar-refractivity contribution in [1.29, 1.82) is 0 Å². The summed E-state index contributed by atoms with van der Waals surface area (Å²) >= 11 is 5.42. The maximum atomic E-state index is 13.9. The molecule has 8 nitrogen and oxygen atoms in total. The van der Waals surface area contributed by atoms with E-state index >= 15 is 0 Å². The monoisotopic (exact) mass is 558 g/mol. The molecule has 0 spiro atoms. The zero-order chi connectivity index (χ0) is 28.7. The molecule has 1 heterocycles. The third kappa shape index (κ3) is 7.26. The lowest BCUT2D eigenvalue weighted by Crippen LogP contribution is -2.41. The number of hydrogen-bond donors (Lipinski definition) is 1. The molecule has 0 aliphatic rings. The Morgan fingerprint density at radius 3 is 2.21 bits per heavy atom. The Hall–Kier alpha value is -4.12. The summed E-state index contributed by atoms with van der Waals surface area (Å²) in [6, 6.07) is 10.3. The summed E-state index contributed by atoms with van der Waals surface area (Å²) in [5.41, 5.74) is 1.28. The van der Waals surface area contributed by atoms with Gasteiger partial charge in [0.2, 0.25) is 5.75 Å². The van der Waals surface area contributed by atoms with Gasteiger partial charge in [0.15, 0.2) is 5.75 Å². The fourth-order valence-corrected chi connectivity index (χ4v) is 4.31. The third-order valence-electron chi connectivity index (χ3n) is 5.78. The lowest BCUT2D eigenvalue weighted by Gasteiger charge is -2.28. The van der Waals surface area contributed by atoms with Crippen LogP contribution in [0.15, 0.2) is 54.7 Å². The van der Waals surface area contributed by atoms with Gasteiger partial charge in [-0.15, -0.1) is 0 Å². The number of benzene rings is 2. The van der Waals surface area contributed by atoms with Crippen LogP contribution in [0.2, 0.25) is 0 Å². The van der Waals surface area contributed by atoms with Crippen LogP contribution in [0.5, 0.6) is 17.2 Å². The molecule has 0 bridgehead atoms. The fraction of sp³-hybridized carbons (Fsp3) is 0.286. The molecule has 0 saturated carbocycles. The average molecular weight is 559 g/mol. The standard InChI is InChI=1S/C28H28F2N2O6S/c1-15(32-27(39)25-26(38-17(3)33)22(35-4)12-13-31-25)28(34)37-16(2)24(18-6-8-19(29)9-7-18)21-11-10-20(30)14-23(21)36-5/h6-16,24H,1-5H3,(H,32,39)/t15-,16-,24+/m0/s1. The molecule has 0 unspecified atom stereocenters. The van der Waals surface area contributed by atoms with Crippen molar-refractivity contribution < 1.29 is 37.3 Å². The van der Waals surface area contributed by atoms with Gasteiger partial charge in [0.1, 0.15) is 40.2 Å². The molecule has 11 heteroatoms. The van der Waals surface area contributed by atoms with Crippen molar-refractivity contribution >= 4 is 29.1 Å². The van der Waals surface area contributed by atoms with Crippen LogP contribution >= 0.6 is 12.2 Å². The van der Waals surface area contributed by atoms with Crippen LogP contribution in [0.3, 0.4) is 0 Å². The molecule has 2 aromatic carbocycles. The summed E-state index contributed by atoms with van der Waals surface area (Å²) in [4.78, 5) is 28.9. The van der Waals surface area contributed by atoms with Gasteiger partial charge in [-0.1, -0.05) is 30.4 Å². The molecule has 206 valence electrons. The van der Waals surface area contributed by atoms with E-state index in [9.17, 15) is 18.4 Å². The fourth-order valence-electron chi connectivity index (χ4n) is 3.99. The molecule has 0 fully saturated rings. The number of carbonyl (C=O) groups excluding carboxylic acids is 2. The first-order chi connectivity index (χ1) is 18.5. The van der Waals surface area contributed by atoms with Crippen molar-refractivity contribution in [1.82, 2.24) is 10.3 Å². The van der Waals surface area contributed by atoms with Crippen molar-refractivity contribution in [3.8, 4) is 17.2 Å². The number of ether oxygens (including phenoxy) is 4. The van der Waals surface area contributed by atoms with Gasteiger partial charge in [0.25, 0.3) is 0 Å². The Morgan fingerprint density at radius 1 is 0.949 bits per heavy atom. The van der Waals surface area contributed by atoms with E-state index < -0.39 is 41.6 Å². The van der Waals surface area contributed by atoms with Crippen LogP contribution in [0.1, 0.15) is 43.5 Å². The number of aromatic nitrogens is 1. The number of hydrogen-bond acceptors (Lipinski definition) is 8. The highest BCUT2D eigenvalue weighted by Gasteiger charge is 2.30. The Kier molecular flexibility index (Phi) is 9.89. The van der Waals surface area contributed by atoms with Crippen LogP contribution in [-0.2, 0) is 14.3 Å². The first kappa shape index (κ1) is 29.4. The van der Waals surface area contributed by atoms with Crippen molar-refractivity contribution in [2.24, 2.45) is 0 Å². The third-order valence-corrected chi connectivity index (χ3v) is 6.09. The second-order valence-electron chi connectivity index (χ2n) is 8.54. The van der Waals surface area contributed by atoms with Gasteiger partial charge in [-0.25, -0.2) is 18.6 Å². The predicted molar refractivity (Wildman–Crippen MR) is 143 cm³/mol. The van der Waals surface area contributed by atoms with E-state index in [0.717, 1.165) is 0 Å². The molecule has 3 aromatic rings. The first-order valence-corrected chi connectivity index (χ1v) is 12.3. The van der Waals surface area contributed by atoms with E-state index in [1.165, 1.54) is 63.7 Å². The maximum absolute atomic E-state index is 13.9. The maximum Gasteiger partial charge on any atom is 0.328 e. The number of nitrogens with zero attached hydrogens (tertiary/aromatic N) is 1. The normalized spacial score (nSPS) is 13.0. The van der Waals surface area contributed by atoms with Gasteiger partial charge in [-0.2, -0.15) is 0 Å². The Morgan fingerprint density at radius 2 is 1.59 bits per heavy atom. The highest BCUT2D eigenvalue weighted by molar-refractivity contribution is 7.80. The van der Waals surface area contributed by atoms with Gasteiger partial charge in [-0.3, -0.25) is 4.79 Å². The molecule has 0 saturated heterocycles. The minimum atomic E-state index is -0.942. The van der Waals surface area contributed by atoms with Crippen LogP contribution in [0, 0.1) is 11.6 Å². The second-order valence-corrected chi connectivity index (χ2v) is 8.95. The van der Waals surface area contributed by atoms with E-state index in [1.54, 1.807) is 26.0 Å². The van der Waals surface area contributed by atoms with Gasteiger partial charge in [0, 0.05) is 36.7 Å². The van der Waals surface area contributed by atoms with Crippen molar-refractivity contribution in [2.75, 3.05) is 14.2 Å². The number of nitrogens with one attached hydrogen (secondary N) is 1. The summed E-state index contributed by atoms with van der Waals surface area (Å²) in [5, 5.41) is 2.85. The summed E-state index contributed by atoms with van der Waals surface area (Å²) in [7, 11) is 2.80. The number of halogens is 2. The topological polar surface area (TPSA) is 96.0 Å². The number of pyridine rings is 1. The lowest BCUT2D eigenvalue weighted by molar-refractivity contribution is -0.150. The highest BCUT2D eigenvalue weighted by atomic mass is 32.1. The zero-order valence-electron chi connectivity index (χ0n) is 22.0. The average Bonchev–Trinajstić information content (AvgIpc) is 2.90. The van der Waals surface area contributed by atoms with Gasteiger partial charge in [-0.05, 0) is 37.6 Å². The molecule has 0 radical (unpaired) electrons. The summed E-state index contributed by atoms with van der Waals surface area (Å²) in [6.07, 6.45) is 0.635. The number of methoxy groups -OCH3 is 2. The molecular formula is C28H28F2N2O6S. The zero-order valence-corrected chi connectivity index (χ0v) is 22.8. The number of carbonyl (C=O) groups is 2. The Bertz CT molecular complexity index is 1350. The van der Waals surface area contributed by atoms with Gasteiger partial charge < -0.3 is 24.3 Å². The molecule has 1 N–H and O–H groups in total. The second kappa shape index (κ2) is 13.1. The van der Waals surface area contributed by atoms with Crippen LogP contribution in [-0.4, -0.2) is 48.3 Å². The largest absolute Gasteiger partial charge is 0.496 e. The lowest BCUT2D eigenvalue weighted by atomic mass is 9.86. The minimum absolute atomic E-state index is 0.0127. The molecular weight excluding hydrogens is 530 g/mol. The number of rotatable bonds is 10. The van der Waals surface area contributed by atoms with E-state index in [2.05, 4.69) is 10.3 Å². The smallest absolute Gasteiger partial charge is 0.328 e. The van der Waals surface area contributed by atoms with Gasteiger partial charge >= 0.3 is 11.9 Å². The van der Waals surface area contributed by atoms with Crippen LogP contribution in [0.25, 0.3) is 0 Å². The number of thiocarbonyl (C=S) groups is 1. The van der Waals surface area contributed by atoms with Gasteiger partial charge in [0.05, 0.1) is 14.2 Å². The molecule has 39 heavy (non-hydrogen) atoms. The predicted octanol–water partition coefficient (Wildman–Crippen LogP) is 4.72. The number of esters is 2. The van der Waals surface area contributed by atoms with E-state index in [-0.39, 0.29) is 27.9 Å². The molecule has 3 atom stereocenters. The SMILES string of the molecule is COc1cc(F)ccc1[C@@H](c1ccc(F)cc1)[C@H](C)OC(=O)[C@H](C)NC(=S)c1nccc(OC)c1OC(C)=O. The molecule has 3 rings (SSSR count). The Balaban J connectivity index is 1.84. The van der Waals surface area contributed by atoms with E-state index in [4.69, 9.17) is 31.2 Å². The van der Waals surface area contributed by atoms with E-state index in [1.807, 2.05) is 0 Å². The minimum Gasteiger partial charge on any atom is -0.496 e. The van der Waals surface area contributed by atoms with E-state index in [0.29, 0.717) is 11.1 Å².